The largest absolute Gasteiger partial charge is 0.388 e. The van der Waals surface area contributed by atoms with Crippen molar-refractivity contribution in [2.24, 2.45) is 0 Å². The van der Waals surface area contributed by atoms with Crippen LogP contribution in [0.4, 0.5) is 0 Å². The molecule has 16 heavy (non-hydrogen) atoms. The number of aliphatic hydroxyl groups is 1. The van der Waals surface area contributed by atoms with Crippen LogP contribution in [-0.4, -0.2) is 49.3 Å². The summed E-state index contributed by atoms with van der Waals surface area (Å²) in [5, 5.41) is 9.72. The van der Waals surface area contributed by atoms with E-state index in [9.17, 15) is 5.11 Å². The highest BCUT2D eigenvalue weighted by Gasteiger charge is 2.39. The molecule has 0 amide bonds. The smallest absolute Gasteiger partial charge is 0.194 e. The van der Waals surface area contributed by atoms with E-state index in [1.54, 1.807) is 6.92 Å². The summed E-state index contributed by atoms with van der Waals surface area (Å²) in [7, 11) is 0. The van der Waals surface area contributed by atoms with Gasteiger partial charge in [-0.3, -0.25) is 0 Å². The number of ether oxygens (including phenoxy) is 3. The SMILES string of the molecule is CC(O)C1(OCCOCCCl)CCCCO1. The first-order chi connectivity index (χ1) is 7.71. The zero-order valence-corrected chi connectivity index (χ0v) is 10.5. The standard InChI is InChI=1S/C11H21ClO4/c1-10(13)11(4-2-3-6-15-11)16-9-8-14-7-5-12/h10,13H,2-9H2,1H3. The van der Waals surface area contributed by atoms with Crippen LogP contribution in [0, 0.1) is 0 Å². The Balaban J connectivity index is 2.27. The molecule has 1 aliphatic heterocycles. The highest BCUT2D eigenvalue weighted by Crippen LogP contribution is 2.29. The fourth-order valence-corrected chi connectivity index (χ4v) is 1.89. The quantitative estimate of drug-likeness (QED) is 0.552. The maximum absolute atomic E-state index is 9.72. The van der Waals surface area contributed by atoms with Crippen LogP contribution in [0.5, 0.6) is 0 Å². The van der Waals surface area contributed by atoms with Crippen molar-refractivity contribution in [3.05, 3.63) is 0 Å². The van der Waals surface area contributed by atoms with Gasteiger partial charge in [-0.05, 0) is 19.8 Å². The predicted octanol–water partition coefficient (Wildman–Crippen LogP) is 1.54. The highest BCUT2D eigenvalue weighted by atomic mass is 35.5. The number of hydrogen-bond acceptors (Lipinski definition) is 4. The van der Waals surface area contributed by atoms with Crippen LogP contribution in [-0.2, 0) is 14.2 Å². The Morgan fingerprint density at radius 1 is 1.38 bits per heavy atom. The number of alkyl halides is 1. The summed E-state index contributed by atoms with van der Waals surface area (Å²) in [4.78, 5) is 0. The van der Waals surface area contributed by atoms with E-state index in [-0.39, 0.29) is 0 Å². The van der Waals surface area contributed by atoms with Crippen LogP contribution in [0.2, 0.25) is 0 Å². The summed E-state index contributed by atoms with van der Waals surface area (Å²) in [6.45, 7) is 3.76. The van der Waals surface area contributed by atoms with Crippen molar-refractivity contribution >= 4 is 11.6 Å². The second-order valence-corrected chi connectivity index (χ2v) is 4.32. The molecule has 0 aliphatic carbocycles. The summed E-state index contributed by atoms with van der Waals surface area (Å²) in [6.07, 6.45) is 2.16. The van der Waals surface area contributed by atoms with Crippen LogP contribution in [0.25, 0.3) is 0 Å². The van der Waals surface area contributed by atoms with Gasteiger partial charge in [0.1, 0.15) is 6.10 Å². The normalized spacial score (nSPS) is 27.9. The lowest BCUT2D eigenvalue weighted by Gasteiger charge is -2.39. The molecule has 0 aromatic carbocycles. The average Bonchev–Trinajstić information content (AvgIpc) is 2.30. The van der Waals surface area contributed by atoms with Gasteiger partial charge in [0.15, 0.2) is 5.79 Å². The molecule has 1 aliphatic rings. The van der Waals surface area contributed by atoms with Gasteiger partial charge < -0.3 is 19.3 Å². The molecule has 0 saturated carbocycles. The molecule has 0 bridgehead atoms. The Morgan fingerprint density at radius 2 is 2.19 bits per heavy atom. The third-order valence-electron chi connectivity index (χ3n) is 2.70. The van der Waals surface area contributed by atoms with Crippen molar-refractivity contribution in [1.29, 1.82) is 0 Å². The van der Waals surface area contributed by atoms with Gasteiger partial charge in [0.2, 0.25) is 0 Å². The summed E-state index contributed by atoms with van der Waals surface area (Å²) in [5.74, 6) is -0.347. The second-order valence-electron chi connectivity index (χ2n) is 3.94. The van der Waals surface area contributed by atoms with Crippen LogP contribution in [0.3, 0.4) is 0 Å². The van der Waals surface area contributed by atoms with E-state index in [0.717, 1.165) is 19.3 Å². The summed E-state index contributed by atoms with van der Waals surface area (Å²) < 4.78 is 16.4. The molecule has 1 saturated heterocycles. The number of halogens is 1. The lowest BCUT2D eigenvalue weighted by molar-refractivity contribution is -0.297. The van der Waals surface area contributed by atoms with Crippen molar-refractivity contribution in [3.63, 3.8) is 0 Å². The topological polar surface area (TPSA) is 47.9 Å². The summed E-state index contributed by atoms with van der Waals surface area (Å²) in [5.41, 5.74) is 0. The Labute approximate surface area is 102 Å². The number of rotatable bonds is 7. The molecule has 96 valence electrons. The van der Waals surface area contributed by atoms with E-state index in [0.29, 0.717) is 32.3 Å². The first kappa shape index (κ1) is 14.2. The van der Waals surface area contributed by atoms with Crippen molar-refractivity contribution in [1.82, 2.24) is 0 Å². The molecule has 1 heterocycles. The number of hydrogen-bond donors (Lipinski definition) is 1. The van der Waals surface area contributed by atoms with Gasteiger partial charge >= 0.3 is 0 Å². The van der Waals surface area contributed by atoms with Gasteiger partial charge in [0, 0.05) is 12.3 Å². The fourth-order valence-electron chi connectivity index (χ4n) is 1.78. The zero-order chi connectivity index (χ0) is 11.9. The monoisotopic (exact) mass is 252 g/mol. The van der Waals surface area contributed by atoms with E-state index in [1.807, 2.05) is 0 Å². The lowest BCUT2D eigenvalue weighted by Crippen LogP contribution is -2.48. The minimum atomic E-state index is -0.831. The molecule has 1 rings (SSSR count). The number of aliphatic hydroxyl groups excluding tert-OH is 1. The van der Waals surface area contributed by atoms with Gasteiger partial charge in [-0.2, -0.15) is 0 Å². The van der Waals surface area contributed by atoms with E-state index < -0.39 is 11.9 Å². The Kier molecular flexibility index (Phi) is 6.61. The summed E-state index contributed by atoms with van der Waals surface area (Å²) in [6, 6.07) is 0. The molecule has 0 aromatic rings. The molecule has 1 fully saturated rings. The van der Waals surface area contributed by atoms with Crippen LogP contribution < -0.4 is 0 Å². The van der Waals surface area contributed by atoms with Crippen molar-refractivity contribution in [2.75, 3.05) is 32.3 Å². The third-order valence-corrected chi connectivity index (χ3v) is 2.85. The first-order valence-corrected chi connectivity index (χ1v) is 6.34. The molecular weight excluding hydrogens is 232 g/mol. The van der Waals surface area contributed by atoms with Crippen LogP contribution in [0.1, 0.15) is 26.2 Å². The first-order valence-electron chi connectivity index (χ1n) is 5.81. The van der Waals surface area contributed by atoms with Gasteiger partial charge in [0.05, 0.1) is 26.4 Å². The highest BCUT2D eigenvalue weighted by molar-refractivity contribution is 6.17. The van der Waals surface area contributed by atoms with E-state index in [2.05, 4.69) is 0 Å². The molecule has 2 atom stereocenters. The Bertz CT molecular complexity index is 181. The Hall–Kier alpha value is 0.130. The Morgan fingerprint density at radius 3 is 2.75 bits per heavy atom. The van der Waals surface area contributed by atoms with E-state index >= 15 is 0 Å². The molecule has 4 nitrogen and oxygen atoms in total. The minimum absolute atomic E-state index is 0.418. The van der Waals surface area contributed by atoms with Crippen LogP contribution >= 0.6 is 11.6 Å². The fraction of sp³-hybridized carbons (Fsp3) is 1.00. The predicted molar refractivity (Wildman–Crippen MR) is 61.7 cm³/mol. The second kappa shape index (κ2) is 7.45. The molecule has 1 N–H and O–H groups in total. The maximum atomic E-state index is 9.72. The van der Waals surface area contributed by atoms with Crippen LogP contribution in [0.15, 0.2) is 0 Å². The third kappa shape index (κ3) is 4.18. The zero-order valence-electron chi connectivity index (χ0n) is 9.78. The summed E-state index contributed by atoms with van der Waals surface area (Å²) >= 11 is 5.48. The molecule has 0 aromatic heterocycles. The van der Waals surface area contributed by atoms with Crippen molar-refractivity contribution in [3.8, 4) is 0 Å². The van der Waals surface area contributed by atoms with Gasteiger partial charge in [-0.15, -0.1) is 11.6 Å². The van der Waals surface area contributed by atoms with Gasteiger partial charge in [0.25, 0.3) is 0 Å². The molecule has 5 heteroatoms. The van der Waals surface area contributed by atoms with Gasteiger partial charge in [-0.1, -0.05) is 0 Å². The van der Waals surface area contributed by atoms with Gasteiger partial charge in [-0.25, -0.2) is 0 Å². The lowest BCUT2D eigenvalue weighted by atomic mass is 10.0. The minimum Gasteiger partial charge on any atom is -0.388 e. The molecule has 2 unspecified atom stereocenters. The molecule has 0 radical (unpaired) electrons. The molecule has 0 spiro atoms. The maximum Gasteiger partial charge on any atom is 0.194 e. The van der Waals surface area contributed by atoms with E-state index in [1.165, 1.54) is 0 Å². The van der Waals surface area contributed by atoms with E-state index in [4.69, 9.17) is 25.8 Å². The molecular formula is C11H21ClO4. The van der Waals surface area contributed by atoms with Crippen molar-refractivity contribution < 1.29 is 19.3 Å². The van der Waals surface area contributed by atoms with Crippen molar-refractivity contribution in [2.45, 2.75) is 38.1 Å². The average molecular weight is 253 g/mol.